The minimum Gasteiger partial charge on any atom is -0.381 e. The van der Waals surface area contributed by atoms with Crippen LogP contribution in [0.3, 0.4) is 0 Å². The van der Waals surface area contributed by atoms with Crippen LogP contribution in [0.2, 0.25) is 0 Å². The zero-order chi connectivity index (χ0) is 16.2. The third kappa shape index (κ3) is 3.80. The van der Waals surface area contributed by atoms with Crippen molar-refractivity contribution in [3.63, 3.8) is 0 Å². The van der Waals surface area contributed by atoms with Crippen molar-refractivity contribution in [2.75, 3.05) is 52.6 Å². The molecule has 0 amide bonds. The molecular formula is C19H29N3O2. The molecule has 24 heavy (non-hydrogen) atoms. The molecule has 4 rings (SSSR count). The van der Waals surface area contributed by atoms with Crippen molar-refractivity contribution in [3.8, 4) is 0 Å². The molecule has 5 nitrogen and oxygen atoms in total. The predicted molar refractivity (Wildman–Crippen MR) is 92.8 cm³/mol. The molecule has 4 heterocycles. The fourth-order valence-electron chi connectivity index (χ4n) is 4.54. The predicted octanol–water partition coefficient (Wildman–Crippen LogP) is 1.78. The topological polar surface area (TPSA) is 37.8 Å². The molecule has 0 saturated carbocycles. The van der Waals surface area contributed by atoms with Crippen molar-refractivity contribution in [1.82, 2.24) is 14.8 Å². The summed E-state index contributed by atoms with van der Waals surface area (Å²) in [5, 5.41) is 0. The Balaban J connectivity index is 1.40. The molecule has 1 aromatic rings. The molecule has 1 aromatic heterocycles. The number of hydrogen-bond donors (Lipinski definition) is 0. The third-order valence-electron chi connectivity index (χ3n) is 5.85. The first-order valence-corrected chi connectivity index (χ1v) is 9.34. The summed E-state index contributed by atoms with van der Waals surface area (Å²) < 4.78 is 11.6. The first-order valence-electron chi connectivity index (χ1n) is 9.34. The lowest BCUT2D eigenvalue weighted by Crippen LogP contribution is -2.43. The van der Waals surface area contributed by atoms with Gasteiger partial charge in [-0.15, -0.1) is 0 Å². The van der Waals surface area contributed by atoms with Crippen LogP contribution in [0.25, 0.3) is 0 Å². The molecule has 0 radical (unpaired) electrons. The lowest BCUT2D eigenvalue weighted by molar-refractivity contribution is 0.0284. The Morgan fingerprint density at radius 3 is 2.71 bits per heavy atom. The summed E-state index contributed by atoms with van der Waals surface area (Å²) in [6, 6.07) is 4.97. The summed E-state index contributed by atoms with van der Waals surface area (Å²) in [6.07, 6.45) is 7.43. The van der Waals surface area contributed by atoms with E-state index in [0.717, 1.165) is 52.1 Å². The molecule has 0 unspecified atom stereocenters. The Labute approximate surface area is 144 Å². The van der Waals surface area contributed by atoms with Crippen LogP contribution >= 0.6 is 0 Å². The smallest absolute Gasteiger partial charge is 0.0593 e. The highest BCUT2D eigenvalue weighted by atomic mass is 16.5. The Bertz CT molecular complexity index is 521. The van der Waals surface area contributed by atoms with E-state index >= 15 is 0 Å². The number of ether oxygens (including phenoxy) is 2. The van der Waals surface area contributed by atoms with Crippen LogP contribution in [0.5, 0.6) is 0 Å². The van der Waals surface area contributed by atoms with E-state index in [1.165, 1.54) is 37.9 Å². The monoisotopic (exact) mass is 331 g/mol. The molecule has 0 bridgehead atoms. The molecule has 1 spiro atoms. The molecule has 3 aliphatic rings. The van der Waals surface area contributed by atoms with E-state index in [1.807, 2.05) is 12.4 Å². The van der Waals surface area contributed by atoms with Crippen molar-refractivity contribution in [3.05, 3.63) is 30.1 Å². The second kappa shape index (κ2) is 7.48. The number of hydrogen-bond acceptors (Lipinski definition) is 5. The minimum atomic E-state index is 0.307. The molecule has 3 saturated heterocycles. The Kier molecular flexibility index (Phi) is 5.13. The quantitative estimate of drug-likeness (QED) is 0.844. The number of rotatable bonds is 3. The van der Waals surface area contributed by atoms with Crippen LogP contribution in [-0.2, 0) is 16.0 Å². The second-order valence-electron chi connectivity index (χ2n) is 7.68. The van der Waals surface area contributed by atoms with E-state index in [2.05, 4.69) is 26.9 Å². The van der Waals surface area contributed by atoms with E-state index < -0.39 is 0 Å². The van der Waals surface area contributed by atoms with E-state index in [9.17, 15) is 0 Å². The van der Waals surface area contributed by atoms with Crippen LogP contribution in [0.15, 0.2) is 24.5 Å². The summed E-state index contributed by atoms with van der Waals surface area (Å²) in [5.74, 6) is 0. The van der Waals surface area contributed by atoms with Gasteiger partial charge in [0.1, 0.15) is 0 Å². The van der Waals surface area contributed by atoms with Gasteiger partial charge in [0.05, 0.1) is 13.2 Å². The van der Waals surface area contributed by atoms with Gasteiger partial charge in [0.2, 0.25) is 0 Å². The number of pyridine rings is 1. The number of nitrogens with zero attached hydrogens (tertiary/aromatic N) is 3. The SMILES string of the molecule is c1cc(CN2CCOC[C@@]3(CCN(C4CCOCC4)C3)C2)ccn1. The van der Waals surface area contributed by atoms with Crippen LogP contribution in [-0.4, -0.2) is 73.4 Å². The summed E-state index contributed by atoms with van der Waals surface area (Å²) >= 11 is 0. The van der Waals surface area contributed by atoms with Gasteiger partial charge in [0, 0.05) is 63.2 Å². The lowest BCUT2D eigenvalue weighted by Gasteiger charge is -2.35. The maximum atomic E-state index is 6.03. The first kappa shape index (κ1) is 16.5. The third-order valence-corrected chi connectivity index (χ3v) is 5.85. The second-order valence-corrected chi connectivity index (χ2v) is 7.68. The van der Waals surface area contributed by atoms with Gasteiger partial charge in [-0.1, -0.05) is 0 Å². The van der Waals surface area contributed by atoms with Gasteiger partial charge in [0.25, 0.3) is 0 Å². The largest absolute Gasteiger partial charge is 0.381 e. The fraction of sp³-hybridized carbons (Fsp3) is 0.737. The zero-order valence-corrected chi connectivity index (χ0v) is 14.5. The average molecular weight is 331 g/mol. The van der Waals surface area contributed by atoms with Gasteiger partial charge in [-0.05, 0) is 43.5 Å². The molecule has 0 aromatic carbocycles. The number of aromatic nitrogens is 1. The highest BCUT2D eigenvalue weighted by molar-refractivity contribution is 5.10. The average Bonchev–Trinajstić information content (AvgIpc) is 2.94. The van der Waals surface area contributed by atoms with Gasteiger partial charge >= 0.3 is 0 Å². The van der Waals surface area contributed by atoms with Gasteiger partial charge in [-0.2, -0.15) is 0 Å². The molecule has 5 heteroatoms. The Hall–Kier alpha value is -1.01. The molecule has 3 aliphatic heterocycles. The standard InChI is InChI=1S/C19H29N3O2/c1-6-20-7-2-17(1)13-21-9-12-24-16-19(14-21)5-8-22(15-19)18-3-10-23-11-4-18/h1-2,6-7,18H,3-5,8-16H2/t19-/m0/s1. The van der Waals surface area contributed by atoms with Crippen molar-refractivity contribution in [2.45, 2.75) is 31.8 Å². The van der Waals surface area contributed by atoms with Crippen molar-refractivity contribution in [1.29, 1.82) is 0 Å². The maximum Gasteiger partial charge on any atom is 0.0593 e. The van der Waals surface area contributed by atoms with E-state index in [0.29, 0.717) is 5.41 Å². The first-order chi connectivity index (χ1) is 11.8. The summed E-state index contributed by atoms with van der Waals surface area (Å²) in [6.45, 7) is 9.21. The molecule has 0 N–H and O–H groups in total. The molecule has 3 fully saturated rings. The van der Waals surface area contributed by atoms with Gasteiger partial charge < -0.3 is 9.47 Å². The van der Waals surface area contributed by atoms with Crippen molar-refractivity contribution in [2.24, 2.45) is 5.41 Å². The zero-order valence-electron chi connectivity index (χ0n) is 14.5. The number of likely N-dealkylation sites (tertiary alicyclic amines) is 1. The highest BCUT2D eigenvalue weighted by Gasteiger charge is 2.43. The Morgan fingerprint density at radius 1 is 1.04 bits per heavy atom. The van der Waals surface area contributed by atoms with Crippen molar-refractivity contribution >= 4 is 0 Å². The van der Waals surface area contributed by atoms with Crippen LogP contribution in [0.1, 0.15) is 24.8 Å². The maximum absolute atomic E-state index is 6.03. The summed E-state index contributed by atoms with van der Waals surface area (Å²) in [7, 11) is 0. The summed E-state index contributed by atoms with van der Waals surface area (Å²) in [5.41, 5.74) is 1.66. The van der Waals surface area contributed by atoms with Gasteiger partial charge in [0.15, 0.2) is 0 Å². The van der Waals surface area contributed by atoms with Crippen molar-refractivity contribution < 1.29 is 9.47 Å². The molecule has 1 atom stereocenters. The van der Waals surface area contributed by atoms with E-state index in [4.69, 9.17) is 9.47 Å². The minimum absolute atomic E-state index is 0.307. The Morgan fingerprint density at radius 2 is 1.88 bits per heavy atom. The van der Waals surface area contributed by atoms with Crippen LogP contribution in [0, 0.1) is 5.41 Å². The normalized spacial score (nSPS) is 30.7. The lowest BCUT2D eigenvalue weighted by atomic mass is 9.87. The molecule has 0 aliphatic carbocycles. The van der Waals surface area contributed by atoms with Gasteiger partial charge in [-0.3, -0.25) is 14.8 Å². The molecule has 132 valence electrons. The van der Waals surface area contributed by atoms with E-state index in [-0.39, 0.29) is 0 Å². The highest BCUT2D eigenvalue weighted by Crippen LogP contribution is 2.36. The van der Waals surface area contributed by atoms with Crippen LogP contribution in [0.4, 0.5) is 0 Å². The summed E-state index contributed by atoms with van der Waals surface area (Å²) in [4.78, 5) is 9.42. The fourth-order valence-corrected chi connectivity index (χ4v) is 4.54. The van der Waals surface area contributed by atoms with Gasteiger partial charge in [-0.25, -0.2) is 0 Å². The van der Waals surface area contributed by atoms with Crippen LogP contribution < -0.4 is 0 Å². The van der Waals surface area contributed by atoms with E-state index in [1.54, 1.807) is 0 Å². The molecular weight excluding hydrogens is 302 g/mol.